The van der Waals surface area contributed by atoms with Crippen molar-refractivity contribution in [1.82, 2.24) is 0 Å². The first-order valence-electron chi connectivity index (χ1n) is 4.23. The number of nitrogens with one attached hydrogen (secondary N) is 1. The molecular formula is C9H7F6NO. The largest absolute Gasteiger partial charge is 0.495 e. The lowest BCUT2D eigenvalue weighted by Gasteiger charge is -2.15. The minimum absolute atomic E-state index is 0.324. The Hall–Kier alpha value is -1.60. The molecule has 1 N–H and O–H groups in total. The zero-order valence-corrected chi connectivity index (χ0v) is 8.41. The van der Waals surface area contributed by atoms with Crippen molar-refractivity contribution in [2.24, 2.45) is 0 Å². The Morgan fingerprint density at radius 3 is 2.06 bits per heavy atom. The lowest BCUT2D eigenvalue weighted by molar-refractivity contribution is -0.137. The van der Waals surface area contributed by atoms with Crippen LogP contribution < -0.4 is 10.1 Å². The molecule has 0 spiro atoms. The molecule has 0 aromatic heterocycles. The zero-order valence-electron chi connectivity index (χ0n) is 8.41. The quantitative estimate of drug-likeness (QED) is 0.646. The van der Waals surface area contributed by atoms with Crippen LogP contribution in [0.4, 0.5) is 32.0 Å². The summed E-state index contributed by atoms with van der Waals surface area (Å²) >= 11 is 0. The molecule has 1 aromatic carbocycles. The van der Waals surface area contributed by atoms with Crippen LogP contribution in [0.3, 0.4) is 0 Å². The summed E-state index contributed by atoms with van der Waals surface area (Å²) < 4.78 is 77.5. The summed E-state index contributed by atoms with van der Waals surface area (Å²) in [5.74, 6) is -0.324. The molecule has 0 saturated carbocycles. The van der Waals surface area contributed by atoms with Crippen LogP contribution in [0.5, 0.6) is 5.75 Å². The van der Waals surface area contributed by atoms with Gasteiger partial charge >= 0.3 is 12.5 Å². The predicted octanol–water partition coefficient (Wildman–Crippen LogP) is 3.65. The fourth-order valence-electron chi connectivity index (χ4n) is 1.13. The average Bonchev–Trinajstić information content (AvgIpc) is 2.13. The van der Waals surface area contributed by atoms with Crippen molar-refractivity contribution in [3.8, 4) is 5.75 Å². The molecule has 0 fully saturated rings. The molecule has 0 amide bonds. The summed E-state index contributed by atoms with van der Waals surface area (Å²) in [5.41, 5.74) is -1.97. The van der Waals surface area contributed by atoms with Crippen molar-refractivity contribution in [1.29, 1.82) is 0 Å². The molecular weight excluding hydrogens is 252 g/mol. The summed E-state index contributed by atoms with van der Waals surface area (Å²) in [6.45, 7) is 0. The van der Waals surface area contributed by atoms with E-state index in [0.29, 0.717) is 12.1 Å². The van der Waals surface area contributed by atoms with Crippen LogP contribution in [0, 0.1) is 0 Å². The van der Waals surface area contributed by atoms with E-state index in [1.807, 2.05) is 0 Å². The Balaban J connectivity index is 3.16. The van der Waals surface area contributed by atoms with Crippen LogP contribution in [0.1, 0.15) is 5.56 Å². The van der Waals surface area contributed by atoms with E-state index in [0.717, 1.165) is 18.5 Å². The predicted molar refractivity (Wildman–Crippen MR) is 47.7 cm³/mol. The van der Waals surface area contributed by atoms with Gasteiger partial charge in [0.1, 0.15) is 5.75 Å². The standard InChI is InChI=1S/C9H7F6NO/c1-17-7-3-2-5(8(10,11)12)4-6(7)16-9(13,14)15/h2-4,16H,1H3. The third kappa shape index (κ3) is 3.72. The van der Waals surface area contributed by atoms with Crippen LogP contribution >= 0.6 is 0 Å². The van der Waals surface area contributed by atoms with Gasteiger partial charge in [0.2, 0.25) is 0 Å². The lowest BCUT2D eigenvalue weighted by Crippen LogP contribution is -2.21. The van der Waals surface area contributed by atoms with Crippen molar-refractivity contribution in [3.63, 3.8) is 0 Å². The van der Waals surface area contributed by atoms with Crippen LogP contribution in [-0.4, -0.2) is 13.4 Å². The Bertz CT molecular complexity index is 397. The van der Waals surface area contributed by atoms with Crippen LogP contribution in [0.15, 0.2) is 18.2 Å². The van der Waals surface area contributed by atoms with E-state index in [-0.39, 0.29) is 5.75 Å². The van der Waals surface area contributed by atoms with Crippen molar-refractivity contribution in [2.75, 3.05) is 12.4 Å². The number of rotatable bonds is 2. The average molecular weight is 259 g/mol. The highest BCUT2D eigenvalue weighted by molar-refractivity contribution is 5.59. The Labute approximate surface area is 92.2 Å². The highest BCUT2D eigenvalue weighted by atomic mass is 19.4. The van der Waals surface area contributed by atoms with Gasteiger partial charge in [0.25, 0.3) is 0 Å². The lowest BCUT2D eigenvalue weighted by atomic mass is 10.2. The Morgan fingerprint density at radius 2 is 1.65 bits per heavy atom. The molecule has 0 saturated heterocycles. The monoisotopic (exact) mass is 259 g/mol. The van der Waals surface area contributed by atoms with Gasteiger partial charge in [-0.1, -0.05) is 0 Å². The second-order valence-corrected chi connectivity index (χ2v) is 3.04. The Morgan fingerprint density at radius 1 is 1.06 bits per heavy atom. The Kier molecular flexibility index (Phi) is 3.44. The van der Waals surface area contributed by atoms with Gasteiger partial charge in [0.15, 0.2) is 0 Å². The highest BCUT2D eigenvalue weighted by Gasteiger charge is 2.33. The van der Waals surface area contributed by atoms with Crippen LogP contribution in [0.25, 0.3) is 0 Å². The van der Waals surface area contributed by atoms with Gasteiger partial charge in [0.05, 0.1) is 18.4 Å². The summed E-state index contributed by atoms with van der Waals surface area (Å²) in [6, 6.07) is 1.80. The normalized spacial score (nSPS) is 12.4. The summed E-state index contributed by atoms with van der Waals surface area (Å²) in [6.07, 6.45) is -9.55. The number of ether oxygens (including phenoxy) is 1. The number of methoxy groups -OCH3 is 1. The maximum Gasteiger partial charge on any atom is 0.482 e. The second-order valence-electron chi connectivity index (χ2n) is 3.04. The van der Waals surface area contributed by atoms with E-state index in [9.17, 15) is 26.3 Å². The number of anilines is 1. The molecule has 2 nitrogen and oxygen atoms in total. The molecule has 1 rings (SSSR count). The van der Waals surface area contributed by atoms with E-state index < -0.39 is 23.7 Å². The highest BCUT2D eigenvalue weighted by Crippen LogP contribution is 2.36. The molecule has 17 heavy (non-hydrogen) atoms. The number of alkyl halides is 6. The number of benzene rings is 1. The molecule has 0 heterocycles. The zero-order chi connectivity index (χ0) is 13.3. The fourth-order valence-corrected chi connectivity index (χ4v) is 1.13. The van der Waals surface area contributed by atoms with E-state index >= 15 is 0 Å². The van der Waals surface area contributed by atoms with Gasteiger partial charge in [-0.3, -0.25) is 5.32 Å². The van der Waals surface area contributed by atoms with E-state index in [1.165, 1.54) is 0 Å². The SMILES string of the molecule is COc1ccc(C(F)(F)F)cc1NC(F)(F)F. The first-order valence-corrected chi connectivity index (χ1v) is 4.23. The molecule has 0 aliphatic carbocycles. The minimum atomic E-state index is -4.84. The molecule has 0 atom stereocenters. The van der Waals surface area contributed by atoms with Crippen molar-refractivity contribution >= 4 is 5.69 Å². The smallest absolute Gasteiger partial charge is 0.482 e. The van der Waals surface area contributed by atoms with E-state index in [4.69, 9.17) is 0 Å². The molecule has 0 unspecified atom stereocenters. The first kappa shape index (κ1) is 13.5. The van der Waals surface area contributed by atoms with Gasteiger partial charge < -0.3 is 4.74 Å². The van der Waals surface area contributed by atoms with Gasteiger partial charge in [-0.15, -0.1) is 0 Å². The van der Waals surface area contributed by atoms with Crippen LogP contribution in [-0.2, 0) is 6.18 Å². The van der Waals surface area contributed by atoms with Crippen molar-refractivity contribution < 1.29 is 31.1 Å². The first-order chi connectivity index (χ1) is 7.63. The maximum absolute atomic E-state index is 12.3. The second kappa shape index (κ2) is 4.34. The van der Waals surface area contributed by atoms with Crippen LogP contribution in [0.2, 0.25) is 0 Å². The molecule has 0 bridgehead atoms. The molecule has 0 aliphatic heterocycles. The summed E-state index contributed by atoms with van der Waals surface area (Å²) in [7, 11) is 1.06. The summed E-state index contributed by atoms with van der Waals surface area (Å²) in [4.78, 5) is 0. The molecule has 0 aliphatic rings. The van der Waals surface area contributed by atoms with Gasteiger partial charge in [-0.25, -0.2) is 0 Å². The fraction of sp³-hybridized carbons (Fsp3) is 0.333. The molecule has 8 heteroatoms. The van der Waals surface area contributed by atoms with Gasteiger partial charge in [-0.2, -0.15) is 26.3 Å². The summed E-state index contributed by atoms with van der Waals surface area (Å²) in [5, 5.41) is 0.988. The van der Waals surface area contributed by atoms with Crippen molar-refractivity contribution in [3.05, 3.63) is 23.8 Å². The number of halogens is 6. The van der Waals surface area contributed by atoms with Gasteiger partial charge in [-0.05, 0) is 18.2 Å². The topological polar surface area (TPSA) is 21.3 Å². The van der Waals surface area contributed by atoms with E-state index in [1.54, 1.807) is 0 Å². The number of hydrogen-bond acceptors (Lipinski definition) is 2. The molecule has 0 radical (unpaired) electrons. The molecule has 96 valence electrons. The molecule has 1 aromatic rings. The number of hydrogen-bond donors (Lipinski definition) is 1. The van der Waals surface area contributed by atoms with E-state index in [2.05, 4.69) is 4.74 Å². The van der Waals surface area contributed by atoms with Gasteiger partial charge in [0, 0.05) is 0 Å². The van der Waals surface area contributed by atoms with Crippen molar-refractivity contribution in [2.45, 2.75) is 12.5 Å². The third-order valence-electron chi connectivity index (χ3n) is 1.80. The minimum Gasteiger partial charge on any atom is -0.495 e. The third-order valence-corrected chi connectivity index (χ3v) is 1.80. The maximum atomic E-state index is 12.3.